The second-order valence-electron chi connectivity index (χ2n) is 4.77. The van der Waals surface area contributed by atoms with Crippen LogP contribution in [0.3, 0.4) is 0 Å². The molecule has 0 spiro atoms. The van der Waals surface area contributed by atoms with Crippen LogP contribution in [0, 0.1) is 13.8 Å². The van der Waals surface area contributed by atoms with Crippen LogP contribution in [0.2, 0.25) is 0 Å². The molecule has 20 heavy (non-hydrogen) atoms. The zero-order valence-corrected chi connectivity index (χ0v) is 12.4. The maximum Gasteiger partial charge on any atom is 0.240 e. The van der Waals surface area contributed by atoms with Crippen molar-refractivity contribution in [2.24, 2.45) is 0 Å². The molecule has 0 fully saturated rings. The smallest absolute Gasteiger partial charge is 0.240 e. The van der Waals surface area contributed by atoms with Gasteiger partial charge in [0, 0.05) is 12.2 Å². The van der Waals surface area contributed by atoms with Crippen molar-refractivity contribution in [1.29, 1.82) is 0 Å². The van der Waals surface area contributed by atoms with Crippen molar-refractivity contribution in [2.75, 3.05) is 5.73 Å². The molecule has 0 radical (unpaired) electrons. The van der Waals surface area contributed by atoms with Gasteiger partial charge < -0.3 is 5.73 Å². The highest BCUT2D eigenvalue weighted by Gasteiger charge is 2.13. The van der Waals surface area contributed by atoms with Crippen molar-refractivity contribution in [3.63, 3.8) is 0 Å². The predicted octanol–water partition coefficient (Wildman–Crippen LogP) is 2.36. The fourth-order valence-electron chi connectivity index (χ4n) is 1.87. The normalized spacial score (nSPS) is 11.5. The van der Waals surface area contributed by atoms with Crippen molar-refractivity contribution >= 4 is 15.7 Å². The van der Waals surface area contributed by atoms with Gasteiger partial charge in [-0.3, -0.25) is 0 Å². The molecule has 0 saturated carbocycles. The van der Waals surface area contributed by atoms with E-state index >= 15 is 0 Å². The third-order valence-corrected chi connectivity index (χ3v) is 4.69. The van der Waals surface area contributed by atoms with E-state index in [9.17, 15) is 8.42 Å². The van der Waals surface area contributed by atoms with Gasteiger partial charge in [-0.2, -0.15) is 0 Å². The van der Waals surface area contributed by atoms with Gasteiger partial charge in [0.15, 0.2) is 0 Å². The van der Waals surface area contributed by atoms with E-state index in [1.807, 2.05) is 26.0 Å². The Hall–Kier alpha value is -1.85. The van der Waals surface area contributed by atoms with E-state index in [2.05, 4.69) is 4.72 Å². The lowest BCUT2D eigenvalue weighted by Crippen LogP contribution is -2.23. The molecule has 0 bridgehead atoms. The Labute approximate surface area is 119 Å². The quantitative estimate of drug-likeness (QED) is 0.849. The zero-order valence-electron chi connectivity index (χ0n) is 11.6. The van der Waals surface area contributed by atoms with Crippen LogP contribution in [-0.4, -0.2) is 8.42 Å². The molecule has 5 heteroatoms. The summed E-state index contributed by atoms with van der Waals surface area (Å²) in [7, 11) is -3.50. The summed E-state index contributed by atoms with van der Waals surface area (Å²) in [5.41, 5.74) is 9.28. The standard InChI is InChI=1S/C15H18N2O2S/c1-11-6-8-14(9-7-11)20(18,19)17-10-13-4-3-5-15(16)12(13)2/h3-9,17H,10,16H2,1-2H3. The highest BCUT2D eigenvalue weighted by molar-refractivity contribution is 7.89. The Morgan fingerprint density at radius 2 is 1.70 bits per heavy atom. The summed E-state index contributed by atoms with van der Waals surface area (Å²) >= 11 is 0. The number of rotatable bonds is 4. The molecule has 4 nitrogen and oxygen atoms in total. The van der Waals surface area contributed by atoms with Gasteiger partial charge in [-0.25, -0.2) is 13.1 Å². The van der Waals surface area contributed by atoms with E-state index in [0.29, 0.717) is 5.69 Å². The van der Waals surface area contributed by atoms with Gasteiger partial charge in [-0.15, -0.1) is 0 Å². The van der Waals surface area contributed by atoms with Crippen LogP contribution in [0.15, 0.2) is 47.4 Å². The van der Waals surface area contributed by atoms with Gasteiger partial charge in [0.1, 0.15) is 0 Å². The minimum Gasteiger partial charge on any atom is -0.399 e. The number of hydrogen-bond donors (Lipinski definition) is 2. The van der Waals surface area contributed by atoms with Crippen molar-refractivity contribution in [1.82, 2.24) is 4.72 Å². The van der Waals surface area contributed by atoms with Crippen molar-refractivity contribution < 1.29 is 8.42 Å². The Morgan fingerprint density at radius 3 is 2.35 bits per heavy atom. The molecule has 3 N–H and O–H groups in total. The Balaban J connectivity index is 2.17. The number of aryl methyl sites for hydroxylation is 1. The van der Waals surface area contributed by atoms with E-state index in [4.69, 9.17) is 5.73 Å². The molecule has 0 atom stereocenters. The van der Waals surface area contributed by atoms with E-state index in [0.717, 1.165) is 16.7 Å². The van der Waals surface area contributed by atoms with Crippen molar-refractivity contribution in [3.8, 4) is 0 Å². The molecule has 0 amide bonds. The van der Waals surface area contributed by atoms with E-state index in [-0.39, 0.29) is 11.4 Å². The number of nitrogens with one attached hydrogen (secondary N) is 1. The third-order valence-electron chi connectivity index (χ3n) is 3.27. The minimum absolute atomic E-state index is 0.229. The summed E-state index contributed by atoms with van der Waals surface area (Å²) in [5.74, 6) is 0. The molecule has 2 rings (SSSR count). The Bertz CT molecular complexity index is 707. The van der Waals surface area contributed by atoms with Crippen LogP contribution >= 0.6 is 0 Å². The molecular weight excluding hydrogens is 272 g/mol. The van der Waals surface area contributed by atoms with E-state index < -0.39 is 10.0 Å². The molecule has 0 heterocycles. The molecule has 0 unspecified atom stereocenters. The lowest BCUT2D eigenvalue weighted by atomic mass is 10.1. The number of benzene rings is 2. The Morgan fingerprint density at radius 1 is 1.05 bits per heavy atom. The molecule has 2 aromatic carbocycles. The zero-order chi connectivity index (χ0) is 14.8. The lowest BCUT2D eigenvalue weighted by Gasteiger charge is -2.10. The highest BCUT2D eigenvalue weighted by Crippen LogP contribution is 2.16. The van der Waals surface area contributed by atoms with Gasteiger partial charge in [0.25, 0.3) is 0 Å². The van der Waals surface area contributed by atoms with Crippen LogP contribution in [0.25, 0.3) is 0 Å². The number of sulfonamides is 1. The summed E-state index contributed by atoms with van der Waals surface area (Å²) in [5, 5.41) is 0. The van der Waals surface area contributed by atoms with Crippen LogP contribution in [-0.2, 0) is 16.6 Å². The minimum atomic E-state index is -3.50. The first-order valence-electron chi connectivity index (χ1n) is 6.30. The van der Waals surface area contributed by atoms with Gasteiger partial charge >= 0.3 is 0 Å². The SMILES string of the molecule is Cc1ccc(S(=O)(=O)NCc2cccc(N)c2C)cc1. The number of anilines is 1. The maximum atomic E-state index is 12.2. The third kappa shape index (κ3) is 3.18. The van der Waals surface area contributed by atoms with Crippen LogP contribution in [0.5, 0.6) is 0 Å². The number of nitrogens with two attached hydrogens (primary N) is 1. The molecule has 0 aromatic heterocycles. The van der Waals surface area contributed by atoms with Gasteiger partial charge in [0.2, 0.25) is 10.0 Å². The molecular formula is C15H18N2O2S. The number of nitrogen functional groups attached to an aromatic ring is 1. The van der Waals surface area contributed by atoms with Gasteiger partial charge in [-0.05, 0) is 43.2 Å². The molecule has 106 valence electrons. The average Bonchev–Trinajstić information content (AvgIpc) is 2.41. The molecule has 0 aliphatic carbocycles. The van der Waals surface area contributed by atoms with E-state index in [1.165, 1.54) is 0 Å². The molecule has 0 aliphatic rings. The summed E-state index contributed by atoms with van der Waals surface area (Å²) in [6.45, 7) is 4.03. The van der Waals surface area contributed by atoms with Crippen LogP contribution in [0.4, 0.5) is 5.69 Å². The predicted molar refractivity (Wildman–Crippen MR) is 80.8 cm³/mol. The van der Waals surface area contributed by atoms with Crippen LogP contribution in [0.1, 0.15) is 16.7 Å². The first-order chi connectivity index (χ1) is 9.40. The second kappa shape index (κ2) is 5.64. The Kier molecular flexibility index (Phi) is 4.11. The highest BCUT2D eigenvalue weighted by atomic mass is 32.2. The summed E-state index contributed by atoms with van der Waals surface area (Å²) in [6, 6.07) is 12.2. The van der Waals surface area contributed by atoms with Gasteiger partial charge in [0.05, 0.1) is 4.90 Å². The molecule has 0 saturated heterocycles. The fourth-order valence-corrected chi connectivity index (χ4v) is 2.87. The first-order valence-corrected chi connectivity index (χ1v) is 7.79. The van der Waals surface area contributed by atoms with Crippen molar-refractivity contribution in [3.05, 3.63) is 59.2 Å². The summed E-state index contributed by atoms with van der Waals surface area (Å²) < 4.78 is 26.9. The summed E-state index contributed by atoms with van der Waals surface area (Å²) in [4.78, 5) is 0.268. The maximum absolute atomic E-state index is 12.2. The topological polar surface area (TPSA) is 72.2 Å². The largest absolute Gasteiger partial charge is 0.399 e. The summed E-state index contributed by atoms with van der Waals surface area (Å²) in [6.07, 6.45) is 0. The monoisotopic (exact) mass is 290 g/mol. The van der Waals surface area contributed by atoms with Crippen molar-refractivity contribution in [2.45, 2.75) is 25.3 Å². The first kappa shape index (κ1) is 14.6. The second-order valence-corrected chi connectivity index (χ2v) is 6.54. The van der Waals surface area contributed by atoms with E-state index in [1.54, 1.807) is 30.3 Å². The molecule has 0 aliphatic heterocycles. The van der Waals surface area contributed by atoms with Crippen LogP contribution < -0.4 is 10.5 Å². The number of hydrogen-bond acceptors (Lipinski definition) is 3. The van der Waals surface area contributed by atoms with Gasteiger partial charge in [-0.1, -0.05) is 29.8 Å². The fraction of sp³-hybridized carbons (Fsp3) is 0.200. The molecule has 2 aromatic rings. The lowest BCUT2D eigenvalue weighted by molar-refractivity contribution is 0.581. The average molecular weight is 290 g/mol.